The van der Waals surface area contributed by atoms with E-state index in [1.54, 1.807) is 30.6 Å². The largest absolute Gasteiger partial charge is 0.485 e. The van der Waals surface area contributed by atoms with Crippen molar-refractivity contribution < 1.29 is 19.4 Å². The van der Waals surface area contributed by atoms with Gasteiger partial charge in [-0.15, -0.1) is 0 Å². The second-order valence-corrected chi connectivity index (χ2v) is 5.54. The van der Waals surface area contributed by atoms with Crippen LogP contribution in [0.1, 0.15) is 28.8 Å². The van der Waals surface area contributed by atoms with Crippen LogP contribution < -0.4 is 4.74 Å². The minimum Gasteiger partial charge on any atom is -0.485 e. The van der Waals surface area contributed by atoms with Crippen LogP contribution >= 0.6 is 0 Å². The average molecular weight is 340 g/mol. The number of hydrogen-bond acceptors (Lipinski definition) is 6. The summed E-state index contributed by atoms with van der Waals surface area (Å²) in [4.78, 5) is 31.1. The highest BCUT2D eigenvalue weighted by molar-refractivity contribution is 6.05. The summed E-state index contributed by atoms with van der Waals surface area (Å²) >= 11 is 0. The molecule has 128 valence electrons. The summed E-state index contributed by atoms with van der Waals surface area (Å²) in [5.74, 6) is -0.165. The maximum absolute atomic E-state index is 11.8. The Bertz CT molecular complexity index is 950. The van der Waals surface area contributed by atoms with Gasteiger partial charge in [-0.2, -0.15) is 5.10 Å². The van der Waals surface area contributed by atoms with Gasteiger partial charge in [-0.05, 0) is 30.7 Å². The van der Waals surface area contributed by atoms with Gasteiger partial charge in [-0.1, -0.05) is 0 Å². The molecule has 8 heteroatoms. The summed E-state index contributed by atoms with van der Waals surface area (Å²) in [6, 6.07) is 5.19. The summed E-state index contributed by atoms with van der Waals surface area (Å²) in [6.07, 6.45) is 3.26. The molecule has 2 aromatic heterocycles. The lowest BCUT2D eigenvalue weighted by molar-refractivity contribution is -0.137. The van der Waals surface area contributed by atoms with Crippen LogP contribution in [0.4, 0.5) is 0 Å². The number of nitrogens with zero attached hydrogens (tertiary/aromatic N) is 4. The number of hydrogen-bond donors (Lipinski definition) is 1. The number of carboxylic acid groups (broad SMARTS) is 1. The Morgan fingerprint density at radius 2 is 1.96 bits per heavy atom. The molecule has 0 fully saturated rings. The highest BCUT2D eigenvalue weighted by atomic mass is 16.5. The number of rotatable bonds is 6. The van der Waals surface area contributed by atoms with Crippen LogP contribution in [0.2, 0.25) is 0 Å². The lowest BCUT2D eigenvalue weighted by Crippen LogP contribution is -2.10. The normalized spacial score (nSPS) is 10.8. The predicted octanol–water partition coefficient (Wildman–Crippen LogP) is 2.00. The average Bonchev–Trinajstić information content (AvgIpc) is 2.91. The minimum atomic E-state index is -1.03. The molecule has 0 saturated carbocycles. The predicted molar refractivity (Wildman–Crippen MR) is 88.5 cm³/mol. The third-order valence-electron chi connectivity index (χ3n) is 3.64. The molecule has 0 aliphatic carbocycles. The Balaban J connectivity index is 2.00. The summed E-state index contributed by atoms with van der Waals surface area (Å²) in [5, 5.41) is 13.7. The molecular weight excluding hydrogens is 324 g/mol. The summed E-state index contributed by atoms with van der Waals surface area (Å²) in [5.41, 5.74) is 1.59. The topological polar surface area (TPSA) is 107 Å². The molecule has 0 radical (unpaired) electrons. The fourth-order valence-corrected chi connectivity index (χ4v) is 2.52. The molecule has 0 spiro atoms. The molecule has 0 aliphatic rings. The number of aromatic nitrogens is 4. The molecule has 0 aliphatic heterocycles. The van der Waals surface area contributed by atoms with E-state index < -0.39 is 5.97 Å². The fraction of sp³-hybridized carbons (Fsp3) is 0.235. The minimum absolute atomic E-state index is 0.186. The molecular formula is C17H16N4O4. The quantitative estimate of drug-likeness (QED) is 0.684. The van der Waals surface area contributed by atoms with Gasteiger partial charge < -0.3 is 9.84 Å². The molecule has 1 aromatic carbocycles. The first-order valence-electron chi connectivity index (χ1n) is 7.58. The second-order valence-electron chi connectivity index (χ2n) is 5.54. The Kier molecular flexibility index (Phi) is 4.42. The van der Waals surface area contributed by atoms with E-state index in [2.05, 4.69) is 15.1 Å². The van der Waals surface area contributed by atoms with Crippen molar-refractivity contribution >= 4 is 22.7 Å². The van der Waals surface area contributed by atoms with Gasteiger partial charge in [-0.25, -0.2) is 9.97 Å². The molecule has 25 heavy (non-hydrogen) atoms. The summed E-state index contributed by atoms with van der Waals surface area (Å²) < 4.78 is 7.08. The second kappa shape index (κ2) is 6.68. The molecule has 1 N–H and O–H groups in total. The van der Waals surface area contributed by atoms with E-state index in [0.717, 1.165) is 5.56 Å². The SMILES string of the molecule is CC(=O)c1nn(CC(=O)O)c2cc(C)c(OCc3ncccn3)cc12. The van der Waals surface area contributed by atoms with E-state index in [0.29, 0.717) is 22.5 Å². The number of aryl methyl sites for hydroxylation is 1. The molecule has 0 unspecified atom stereocenters. The van der Waals surface area contributed by atoms with Crippen LogP contribution in [-0.2, 0) is 17.9 Å². The van der Waals surface area contributed by atoms with Gasteiger partial charge in [0.25, 0.3) is 0 Å². The lowest BCUT2D eigenvalue weighted by atomic mass is 10.1. The maximum atomic E-state index is 11.8. The Morgan fingerprint density at radius 1 is 1.24 bits per heavy atom. The molecule has 0 atom stereocenters. The van der Waals surface area contributed by atoms with E-state index in [4.69, 9.17) is 9.84 Å². The van der Waals surface area contributed by atoms with Crippen LogP contribution in [0.3, 0.4) is 0 Å². The van der Waals surface area contributed by atoms with Crippen molar-refractivity contribution in [2.45, 2.75) is 27.0 Å². The summed E-state index contributed by atoms with van der Waals surface area (Å²) in [6.45, 7) is 3.10. The first-order chi connectivity index (χ1) is 12.0. The number of benzene rings is 1. The van der Waals surface area contributed by atoms with Gasteiger partial charge in [0.1, 0.15) is 24.6 Å². The molecule has 0 bridgehead atoms. The van der Waals surface area contributed by atoms with Crippen molar-refractivity contribution in [2.75, 3.05) is 0 Å². The first kappa shape index (κ1) is 16.6. The van der Waals surface area contributed by atoms with Gasteiger partial charge >= 0.3 is 5.97 Å². The highest BCUT2D eigenvalue weighted by Crippen LogP contribution is 2.28. The van der Waals surface area contributed by atoms with Crippen molar-refractivity contribution in [3.05, 3.63) is 47.7 Å². The maximum Gasteiger partial charge on any atom is 0.325 e. The molecule has 8 nitrogen and oxygen atoms in total. The van der Waals surface area contributed by atoms with Gasteiger partial charge in [-0.3, -0.25) is 14.3 Å². The van der Waals surface area contributed by atoms with Crippen LogP contribution in [-0.4, -0.2) is 36.6 Å². The van der Waals surface area contributed by atoms with Gasteiger partial charge in [0.2, 0.25) is 0 Å². The number of ketones is 1. The third-order valence-corrected chi connectivity index (χ3v) is 3.64. The number of ether oxygens (including phenoxy) is 1. The Morgan fingerprint density at radius 3 is 2.60 bits per heavy atom. The molecule has 0 amide bonds. The zero-order chi connectivity index (χ0) is 18.0. The number of Topliss-reactive ketones (excluding diaryl/α,β-unsaturated/α-hetero) is 1. The summed E-state index contributed by atoms with van der Waals surface area (Å²) in [7, 11) is 0. The molecule has 0 saturated heterocycles. The fourth-order valence-electron chi connectivity index (χ4n) is 2.52. The molecule has 3 rings (SSSR count). The van der Waals surface area contributed by atoms with Crippen molar-refractivity contribution in [2.24, 2.45) is 0 Å². The first-order valence-corrected chi connectivity index (χ1v) is 7.58. The van der Waals surface area contributed by atoms with E-state index in [1.165, 1.54) is 11.6 Å². The zero-order valence-corrected chi connectivity index (χ0v) is 13.8. The number of fused-ring (bicyclic) bond motifs is 1. The van der Waals surface area contributed by atoms with Crippen LogP contribution in [0.15, 0.2) is 30.6 Å². The van der Waals surface area contributed by atoms with E-state index in [9.17, 15) is 9.59 Å². The monoisotopic (exact) mass is 340 g/mol. The standard InChI is InChI=1S/C17H16N4O4/c1-10-6-13-12(17(11(2)22)20-21(13)8-16(23)24)7-14(10)25-9-15-18-4-3-5-19-15/h3-7H,8-9H2,1-2H3,(H,23,24). The number of aliphatic carboxylic acids is 1. The van der Waals surface area contributed by atoms with E-state index in [-0.39, 0.29) is 24.6 Å². The highest BCUT2D eigenvalue weighted by Gasteiger charge is 2.18. The zero-order valence-electron chi connectivity index (χ0n) is 13.8. The molecule has 3 aromatic rings. The van der Waals surface area contributed by atoms with Crippen LogP contribution in [0.25, 0.3) is 10.9 Å². The van der Waals surface area contributed by atoms with Gasteiger partial charge in [0, 0.05) is 24.7 Å². The smallest absolute Gasteiger partial charge is 0.325 e. The van der Waals surface area contributed by atoms with Gasteiger partial charge in [0.15, 0.2) is 11.6 Å². The molecule has 2 heterocycles. The van der Waals surface area contributed by atoms with Crippen molar-refractivity contribution in [1.82, 2.24) is 19.7 Å². The number of carbonyl (C=O) groups is 2. The number of carboxylic acids is 1. The van der Waals surface area contributed by atoms with Crippen molar-refractivity contribution in [3.8, 4) is 5.75 Å². The Labute approximate surface area is 143 Å². The van der Waals surface area contributed by atoms with Crippen LogP contribution in [0, 0.1) is 6.92 Å². The third kappa shape index (κ3) is 3.47. The van der Waals surface area contributed by atoms with E-state index >= 15 is 0 Å². The van der Waals surface area contributed by atoms with Crippen LogP contribution in [0.5, 0.6) is 5.75 Å². The lowest BCUT2D eigenvalue weighted by Gasteiger charge is -2.09. The number of carbonyl (C=O) groups excluding carboxylic acids is 1. The van der Waals surface area contributed by atoms with Crippen molar-refractivity contribution in [3.63, 3.8) is 0 Å². The van der Waals surface area contributed by atoms with Crippen molar-refractivity contribution in [1.29, 1.82) is 0 Å². The van der Waals surface area contributed by atoms with E-state index in [1.807, 2.05) is 6.92 Å². The Hall–Kier alpha value is -3.29. The van der Waals surface area contributed by atoms with Gasteiger partial charge in [0.05, 0.1) is 5.52 Å².